The van der Waals surface area contributed by atoms with Gasteiger partial charge in [0.05, 0.1) is 15.1 Å². The minimum absolute atomic E-state index is 0.192. The van der Waals surface area contributed by atoms with Crippen LogP contribution in [0.4, 0.5) is 0 Å². The van der Waals surface area contributed by atoms with E-state index in [-0.39, 0.29) is 16.7 Å². The van der Waals surface area contributed by atoms with Crippen molar-refractivity contribution in [2.24, 2.45) is 16.8 Å². The number of amides is 1. The van der Waals surface area contributed by atoms with Crippen LogP contribution < -0.4 is 4.80 Å². The molecule has 0 fully saturated rings. The van der Waals surface area contributed by atoms with Gasteiger partial charge in [-0.3, -0.25) is 4.79 Å². The summed E-state index contributed by atoms with van der Waals surface area (Å²) >= 11 is 1.50. The maximum atomic E-state index is 13.3. The van der Waals surface area contributed by atoms with Crippen LogP contribution in [-0.2, 0) is 16.6 Å². The first-order valence-corrected chi connectivity index (χ1v) is 14.6. The van der Waals surface area contributed by atoms with Crippen LogP contribution in [0.25, 0.3) is 21.0 Å². The summed E-state index contributed by atoms with van der Waals surface area (Å²) in [4.78, 5) is 18.3. The number of hydrogen-bond donors (Lipinski definition) is 0. The summed E-state index contributed by atoms with van der Waals surface area (Å²) in [6, 6.07) is 18.5. The summed E-state index contributed by atoms with van der Waals surface area (Å²) in [6.07, 6.45) is 0. The van der Waals surface area contributed by atoms with Gasteiger partial charge in [-0.15, -0.1) is 0 Å². The highest BCUT2D eigenvalue weighted by Crippen LogP contribution is 2.27. The highest BCUT2D eigenvalue weighted by atomic mass is 32.2. The standard InChI is InChI=1S/C28H33N3O3S2/c1-6-31-25-16-13-21-9-7-8-10-24(21)26(25)35-28(31)29-27(32)22-11-14-23(15-12-22)36(33,34)30(17-19(2)3)18-20(4)5/h7-16,19-20H,6,17-18H2,1-5H3. The van der Waals surface area contributed by atoms with Gasteiger partial charge in [-0.2, -0.15) is 9.30 Å². The van der Waals surface area contributed by atoms with Gasteiger partial charge in [0.1, 0.15) is 0 Å². The van der Waals surface area contributed by atoms with Gasteiger partial charge >= 0.3 is 0 Å². The summed E-state index contributed by atoms with van der Waals surface area (Å²) in [5.74, 6) is 0.0296. The van der Waals surface area contributed by atoms with E-state index < -0.39 is 15.9 Å². The normalized spacial score (nSPS) is 13.1. The maximum absolute atomic E-state index is 13.3. The lowest BCUT2D eigenvalue weighted by molar-refractivity contribution is 0.0997. The Bertz CT molecular complexity index is 1550. The number of nitrogens with zero attached hydrogens (tertiary/aromatic N) is 3. The first-order chi connectivity index (χ1) is 17.1. The van der Waals surface area contributed by atoms with Gasteiger partial charge < -0.3 is 4.57 Å². The number of aromatic nitrogens is 1. The molecule has 0 N–H and O–H groups in total. The van der Waals surface area contributed by atoms with E-state index in [4.69, 9.17) is 0 Å². The van der Waals surface area contributed by atoms with E-state index >= 15 is 0 Å². The number of sulfonamides is 1. The highest BCUT2D eigenvalue weighted by Gasteiger charge is 2.26. The molecule has 0 unspecified atom stereocenters. The molecule has 3 aromatic carbocycles. The molecule has 0 bridgehead atoms. The molecule has 0 radical (unpaired) electrons. The fourth-order valence-electron chi connectivity index (χ4n) is 4.34. The number of thiazole rings is 1. The average molecular weight is 524 g/mol. The van der Waals surface area contributed by atoms with Crippen molar-refractivity contribution in [3.8, 4) is 0 Å². The molecule has 1 heterocycles. The minimum Gasteiger partial charge on any atom is -0.317 e. The van der Waals surface area contributed by atoms with Crippen LogP contribution in [0.1, 0.15) is 45.0 Å². The topological polar surface area (TPSA) is 71.7 Å². The van der Waals surface area contributed by atoms with E-state index in [0.717, 1.165) is 21.0 Å². The summed E-state index contributed by atoms with van der Waals surface area (Å²) in [6.45, 7) is 11.6. The second kappa shape index (κ2) is 10.7. The molecule has 36 heavy (non-hydrogen) atoms. The largest absolute Gasteiger partial charge is 0.317 e. The molecule has 0 atom stereocenters. The molecule has 4 rings (SSSR count). The SMILES string of the molecule is CCn1c(=NC(=O)c2ccc(S(=O)(=O)N(CC(C)C)CC(C)C)cc2)sc2c3ccccc3ccc21. The number of aryl methyl sites for hydroxylation is 1. The smallest absolute Gasteiger partial charge is 0.279 e. The lowest BCUT2D eigenvalue weighted by Crippen LogP contribution is -2.37. The van der Waals surface area contributed by atoms with Crippen LogP contribution in [0, 0.1) is 11.8 Å². The second-order valence-electron chi connectivity index (χ2n) is 9.81. The summed E-state index contributed by atoms with van der Waals surface area (Å²) in [5.41, 5.74) is 1.41. The molecule has 6 nitrogen and oxygen atoms in total. The molecule has 0 aliphatic heterocycles. The molecule has 0 saturated carbocycles. The number of benzene rings is 3. The van der Waals surface area contributed by atoms with Gasteiger partial charge in [-0.1, -0.05) is 69.4 Å². The number of carbonyl (C=O) groups excluding carboxylic acids is 1. The third-order valence-electron chi connectivity index (χ3n) is 5.96. The van der Waals surface area contributed by atoms with Crippen molar-refractivity contribution in [3.05, 3.63) is 71.0 Å². The van der Waals surface area contributed by atoms with Gasteiger partial charge in [-0.05, 0) is 54.5 Å². The Morgan fingerprint density at radius 2 is 1.58 bits per heavy atom. The lowest BCUT2D eigenvalue weighted by atomic mass is 10.1. The van der Waals surface area contributed by atoms with E-state index in [1.807, 2.05) is 51.3 Å². The zero-order chi connectivity index (χ0) is 26.0. The predicted molar refractivity (Wildman–Crippen MR) is 148 cm³/mol. The fraction of sp³-hybridized carbons (Fsp3) is 0.357. The van der Waals surface area contributed by atoms with Gasteiger partial charge in [0.15, 0.2) is 4.80 Å². The molecule has 0 spiro atoms. The fourth-order valence-corrected chi connectivity index (χ4v) is 7.34. The number of carbonyl (C=O) groups is 1. The summed E-state index contributed by atoms with van der Waals surface area (Å²) in [7, 11) is -3.65. The van der Waals surface area contributed by atoms with E-state index in [2.05, 4.69) is 29.3 Å². The monoisotopic (exact) mass is 523 g/mol. The Kier molecular flexibility index (Phi) is 7.78. The molecule has 0 aliphatic carbocycles. The Morgan fingerprint density at radius 1 is 0.944 bits per heavy atom. The van der Waals surface area contributed by atoms with E-state index in [9.17, 15) is 13.2 Å². The van der Waals surface area contributed by atoms with E-state index in [1.165, 1.54) is 27.8 Å². The highest BCUT2D eigenvalue weighted by molar-refractivity contribution is 7.89. The molecule has 0 aliphatic rings. The van der Waals surface area contributed by atoms with Crippen molar-refractivity contribution in [1.29, 1.82) is 0 Å². The molecular formula is C28H33N3O3S2. The summed E-state index contributed by atoms with van der Waals surface area (Å²) < 4.78 is 31.2. The van der Waals surface area contributed by atoms with Crippen molar-refractivity contribution in [3.63, 3.8) is 0 Å². The molecule has 0 saturated heterocycles. The zero-order valence-electron chi connectivity index (χ0n) is 21.4. The van der Waals surface area contributed by atoms with Gasteiger partial charge in [0.25, 0.3) is 5.91 Å². The minimum atomic E-state index is -3.65. The van der Waals surface area contributed by atoms with Crippen LogP contribution in [0.15, 0.2) is 70.6 Å². The first-order valence-electron chi connectivity index (χ1n) is 12.3. The Balaban J connectivity index is 1.68. The predicted octanol–water partition coefficient (Wildman–Crippen LogP) is 5.92. The number of hydrogen-bond acceptors (Lipinski definition) is 4. The van der Waals surface area contributed by atoms with Crippen LogP contribution in [0.2, 0.25) is 0 Å². The van der Waals surface area contributed by atoms with E-state index in [0.29, 0.717) is 30.0 Å². The zero-order valence-corrected chi connectivity index (χ0v) is 23.1. The van der Waals surface area contributed by atoms with Crippen molar-refractivity contribution < 1.29 is 13.2 Å². The third kappa shape index (κ3) is 5.31. The Hall–Kier alpha value is -2.81. The lowest BCUT2D eigenvalue weighted by Gasteiger charge is -2.25. The molecule has 1 amide bonds. The number of fused-ring (bicyclic) bond motifs is 3. The third-order valence-corrected chi connectivity index (χ3v) is 8.94. The molecule has 1 aromatic heterocycles. The van der Waals surface area contributed by atoms with Crippen molar-refractivity contribution >= 4 is 48.3 Å². The van der Waals surface area contributed by atoms with Crippen LogP contribution in [0.3, 0.4) is 0 Å². The van der Waals surface area contributed by atoms with E-state index in [1.54, 1.807) is 12.1 Å². The van der Waals surface area contributed by atoms with Crippen LogP contribution >= 0.6 is 11.3 Å². The Labute approximate surface area is 217 Å². The maximum Gasteiger partial charge on any atom is 0.279 e. The van der Waals surface area contributed by atoms with Crippen molar-refractivity contribution in [1.82, 2.24) is 8.87 Å². The number of rotatable bonds is 8. The van der Waals surface area contributed by atoms with Crippen molar-refractivity contribution in [2.45, 2.75) is 46.1 Å². The first kappa shape index (κ1) is 26.3. The molecule has 8 heteroatoms. The second-order valence-corrected chi connectivity index (χ2v) is 12.7. The summed E-state index contributed by atoms with van der Waals surface area (Å²) in [5, 5.41) is 2.28. The van der Waals surface area contributed by atoms with Crippen LogP contribution in [-0.4, -0.2) is 36.3 Å². The van der Waals surface area contributed by atoms with Crippen LogP contribution in [0.5, 0.6) is 0 Å². The average Bonchev–Trinajstić information content (AvgIpc) is 3.20. The quantitative estimate of drug-likeness (QED) is 0.288. The molecule has 4 aromatic rings. The van der Waals surface area contributed by atoms with Gasteiger partial charge in [-0.25, -0.2) is 8.42 Å². The molecule has 190 valence electrons. The van der Waals surface area contributed by atoms with Gasteiger partial charge in [0.2, 0.25) is 10.0 Å². The van der Waals surface area contributed by atoms with Crippen molar-refractivity contribution in [2.75, 3.05) is 13.1 Å². The van der Waals surface area contributed by atoms with Gasteiger partial charge in [0, 0.05) is 30.6 Å². The molecular weight excluding hydrogens is 490 g/mol. The Morgan fingerprint density at radius 3 is 2.19 bits per heavy atom.